The van der Waals surface area contributed by atoms with E-state index in [1.165, 1.54) is 6.26 Å². The summed E-state index contributed by atoms with van der Waals surface area (Å²) in [5.41, 5.74) is 0.637. The summed E-state index contributed by atoms with van der Waals surface area (Å²) in [4.78, 5) is 4.03. The third-order valence-electron chi connectivity index (χ3n) is 2.48. The van der Waals surface area contributed by atoms with Gasteiger partial charge in [0.1, 0.15) is 12.1 Å². The molecule has 108 valence electrons. The van der Waals surface area contributed by atoms with E-state index in [1.54, 1.807) is 0 Å². The topological polar surface area (TPSA) is 47.3 Å². The molecule has 0 spiro atoms. The predicted molar refractivity (Wildman–Crippen MR) is 69.5 cm³/mol. The van der Waals surface area contributed by atoms with E-state index in [1.807, 2.05) is 0 Å². The van der Waals surface area contributed by atoms with Gasteiger partial charge in [-0.1, -0.05) is 13.8 Å². The van der Waals surface area contributed by atoms with Crippen molar-refractivity contribution in [1.29, 1.82) is 0 Å². The molecule has 1 N–H and O–H groups in total. The predicted octanol–water partition coefficient (Wildman–Crippen LogP) is 3.49. The van der Waals surface area contributed by atoms with Crippen molar-refractivity contribution in [3.8, 4) is 11.8 Å². The molecule has 1 aromatic heterocycles. The van der Waals surface area contributed by atoms with Gasteiger partial charge in [0, 0.05) is 12.6 Å². The van der Waals surface area contributed by atoms with Crippen molar-refractivity contribution in [2.45, 2.75) is 20.4 Å². The first-order valence-electron chi connectivity index (χ1n) is 6.32. The Morgan fingerprint density at radius 3 is 2.90 bits per heavy atom. The van der Waals surface area contributed by atoms with E-state index in [0.717, 1.165) is 24.7 Å². The van der Waals surface area contributed by atoms with Gasteiger partial charge in [-0.3, -0.25) is 0 Å². The van der Waals surface area contributed by atoms with Crippen molar-refractivity contribution < 1.29 is 17.9 Å². The lowest BCUT2D eigenvalue weighted by atomic mass is 10.2. The fourth-order valence-corrected chi connectivity index (χ4v) is 1.55. The molecule has 2 rings (SSSR count). The lowest BCUT2D eigenvalue weighted by Crippen LogP contribution is -2.19. The first-order valence-corrected chi connectivity index (χ1v) is 6.32. The van der Waals surface area contributed by atoms with E-state index in [4.69, 9.17) is 9.15 Å². The number of ether oxygens (including phenoxy) is 1. The highest BCUT2D eigenvalue weighted by Gasteiger charge is 2.11. The van der Waals surface area contributed by atoms with E-state index in [9.17, 15) is 8.78 Å². The average Bonchev–Trinajstić information content (AvgIpc) is 2.81. The van der Waals surface area contributed by atoms with Gasteiger partial charge in [-0.15, -0.1) is 0 Å². The zero-order valence-electron chi connectivity index (χ0n) is 11.3. The Balaban J connectivity index is 1.97. The summed E-state index contributed by atoms with van der Waals surface area (Å²) in [6.07, 6.45) is 1.30. The molecule has 0 saturated heterocycles. The normalized spacial score (nSPS) is 11.1. The van der Waals surface area contributed by atoms with Gasteiger partial charge >= 0.3 is 6.08 Å². The summed E-state index contributed by atoms with van der Waals surface area (Å²) >= 11 is 0. The van der Waals surface area contributed by atoms with E-state index in [2.05, 4.69) is 24.1 Å². The number of aromatic nitrogens is 1. The Morgan fingerprint density at radius 2 is 2.15 bits per heavy atom. The lowest BCUT2D eigenvalue weighted by molar-refractivity contribution is 0.316. The molecular weight excluding hydrogens is 266 g/mol. The molecule has 0 radical (unpaired) electrons. The Kier molecular flexibility index (Phi) is 4.68. The van der Waals surface area contributed by atoms with Crippen molar-refractivity contribution in [2.75, 3.05) is 6.54 Å². The fraction of sp³-hybridized carbons (Fsp3) is 0.357. The Morgan fingerprint density at radius 1 is 1.35 bits per heavy atom. The highest BCUT2D eigenvalue weighted by molar-refractivity contribution is 5.27. The van der Waals surface area contributed by atoms with Gasteiger partial charge < -0.3 is 14.5 Å². The number of benzene rings is 1. The van der Waals surface area contributed by atoms with Crippen molar-refractivity contribution >= 4 is 0 Å². The maximum Gasteiger partial charge on any atom is 0.399 e. The van der Waals surface area contributed by atoms with Crippen LogP contribution in [0.2, 0.25) is 0 Å². The van der Waals surface area contributed by atoms with E-state index < -0.39 is 11.6 Å². The zero-order chi connectivity index (χ0) is 14.5. The monoisotopic (exact) mass is 282 g/mol. The average molecular weight is 282 g/mol. The molecule has 1 aromatic carbocycles. The summed E-state index contributed by atoms with van der Waals surface area (Å²) in [6.45, 7) is 5.56. The number of oxazole rings is 1. The molecule has 1 heterocycles. The summed E-state index contributed by atoms with van der Waals surface area (Å²) in [7, 11) is 0. The third-order valence-corrected chi connectivity index (χ3v) is 2.48. The molecule has 0 fully saturated rings. The molecule has 0 saturated carbocycles. The maximum absolute atomic E-state index is 13.4. The minimum atomic E-state index is -0.677. The van der Waals surface area contributed by atoms with Crippen LogP contribution in [0.4, 0.5) is 8.78 Å². The number of nitrogens with zero attached hydrogens (tertiary/aromatic N) is 1. The van der Waals surface area contributed by atoms with Crippen LogP contribution in [0, 0.1) is 17.6 Å². The van der Waals surface area contributed by atoms with Crippen molar-refractivity contribution in [1.82, 2.24) is 10.3 Å². The van der Waals surface area contributed by atoms with Crippen LogP contribution >= 0.6 is 0 Å². The second-order valence-electron chi connectivity index (χ2n) is 4.81. The minimum Gasteiger partial charge on any atom is -0.417 e. The molecule has 0 unspecified atom stereocenters. The van der Waals surface area contributed by atoms with Crippen LogP contribution in [0.5, 0.6) is 11.8 Å². The smallest absolute Gasteiger partial charge is 0.399 e. The van der Waals surface area contributed by atoms with Gasteiger partial charge in [0.25, 0.3) is 0 Å². The number of rotatable bonds is 6. The molecular formula is C14H16F2N2O2. The fourth-order valence-electron chi connectivity index (χ4n) is 1.55. The van der Waals surface area contributed by atoms with Crippen molar-refractivity contribution in [3.05, 3.63) is 41.8 Å². The van der Waals surface area contributed by atoms with Crippen LogP contribution in [0.25, 0.3) is 0 Å². The number of nitrogens with one attached hydrogen (secondary N) is 1. The largest absolute Gasteiger partial charge is 0.417 e. The minimum absolute atomic E-state index is 0.115. The zero-order valence-corrected chi connectivity index (χ0v) is 11.3. The van der Waals surface area contributed by atoms with E-state index >= 15 is 0 Å². The standard InChI is InChI=1S/C14H16F2N2O2/c1-9(2)6-17-7-11-8-19-14(18-11)20-13-5-10(15)3-4-12(13)16/h3-5,8-9,17H,6-7H2,1-2H3. The molecule has 2 aromatic rings. The molecule has 0 aliphatic rings. The van der Waals surface area contributed by atoms with Crippen LogP contribution in [-0.4, -0.2) is 11.5 Å². The van der Waals surface area contributed by atoms with Gasteiger partial charge in [-0.25, -0.2) is 8.78 Å². The number of hydrogen-bond acceptors (Lipinski definition) is 4. The Labute approximate surface area is 115 Å². The second kappa shape index (κ2) is 6.47. The SMILES string of the molecule is CC(C)CNCc1coc(Oc2cc(F)ccc2F)n1. The molecule has 0 amide bonds. The van der Waals surface area contributed by atoms with E-state index in [0.29, 0.717) is 18.2 Å². The second-order valence-corrected chi connectivity index (χ2v) is 4.81. The first-order chi connectivity index (χ1) is 9.54. The van der Waals surface area contributed by atoms with Gasteiger partial charge in [0.15, 0.2) is 11.6 Å². The van der Waals surface area contributed by atoms with Crippen molar-refractivity contribution in [2.24, 2.45) is 5.92 Å². The van der Waals surface area contributed by atoms with Gasteiger partial charge in [-0.2, -0.15) is 4.98 Å². The van der Waals surface area contributed by atoms with Gasteiger partial charge in [-0.05, 0) is 24.6 Å². The molecule has 0 aliphatic carbocycles. The van der Waals surface area contributed by atoms with E-state index in [-0.39, 0.29) is 11.8 Å². The molecule has 0 atom stereocenters. The number of halogens is 2. The van der Waals surface area contributed by atoms with Crippen molar-refractivity contribution in [3.63, 3.8) is 0 Å². The highest BCUT2D eigenvalue weighted by Crippen LogP contribution is 2.24. The Bertz CT molecular complexity index is 570. The summed E-state index contributed by atoms with van der Waals surface area (Å²) in [5.74, 6) is -0.997. The highest BCUT2D eigenvalue weighted by atomic mass is 19.1. The quantitative estimate of drug-likeness (QED) is 0.881. The van der Waals surface area contributed by atoms with Crippen LogP contribution in [0.15, 0.2) is 28.9 Å². The lowest BCUT2D eigenvalue weighted by Gasteiger charge is -2.04. The molecule has 6 heteroatoms. The number of hydrogen-bond donors (Lipinski definition) is 1. The van der Waals surface area contributed by atoms with Crippen LogP contribution in [0.1, 0.15) is 19.5 Å². The van der Waals surface area contributed by atoms with Crippen LogP contribution in [0.3, 0.4) is 0 Å². The maximum atomic E-state index is 13.4. The third kappa shape index (κ3) is 4.03. The van der Waals surface area contributed by atoms with Gasteiger partial charge in [0.05, 0.1) is 5.69 Å². The molecule has 4 nitrogen and oxygen atoms in total. The summed E-state index contributed by atoms with van der Waals surface area (Å²) in [5, 5.41) is 3.19. The molecule has 20 heavy (non-hydrogen) atoms. The van der Waals surface area contributed by atoms with Crippen LogP contribution in [-0.2, 0) is 6.54 Å². The first kappa shape index (κ1) is 14.5. The summed E-state index contributed by atoms with van der Waals surface area (Å²) in [6, 6.07) is 2.94. The Hall–Kier alpha value is -1.95. The van der Waals surface area contributed by atoms with Crippen LogP contribution < -0.4 is 10.1 Å². The summed E-state index contributed by atoms with van der Waals surface area (Å²) < 4.78 is 36.5. The van der Waals surface area contributed by atoms with Gasteiger partial charge in [0.2, 0.25) is 0 Å². The molecule has 0 bridgehead atoms. The molecule has 0 aliphatic heterocycles.